The number of aliphatic hydroxyl groups excluding tert-OH is 1. The number of rotatable bonds is 11. The molecule has 2 heterocycles. The average molecular weight is 596 g/mol. The van der Waals surface area contributed by atoms with E-state index in [1.54, 1.807) is 55.6 Å². The van der Waals surface area contributed by atoms with Gasteiger partial charge in [-0.05, 0) is 47.5 Å². The Balaban J connectivity index is 1.32. The zero-order valence-corrected chi connectivity index (χ0v) is 24.2. The minimum Gasteiger partial charge on any atom is -0.497 e. The van der Waals surface area contributed by atoms with Crippen molar-refractivity contribution in [2.75, 3.05) is 13.7 Å². The van der Waals surface area contributed by atoms with E-state index in [0.717, 1.165) is 16.0 Å². The first-order valence-corrected chi connectivity index (χ1v) is 14.4. The number of methoxy groups -OCH3 is 1. The molecule has 4 aromatic carbocycles. The molecule has 4 aromatic rings. The standard InChI is InChI=1S/C35H33NO8/c1-40-25-16-18-26(19-17-25)43-35-30(36-33(38)27-14-8-9-15-28(27)34(36)39)31(37)32(42-21-24-12-6-3-7-13-24)29(44-35)22-41-20-23-10-4-2-5-11-23/h2-19,29-32,35,37H,20-22H2,1H3/t29-,30-,31-,32-,35-/m1/s1. The van der Waals surface area contributed by atoms with Gasteiger partial charge < -0.3 is 28.8 Å². The monoisotopic (exact) mass is 595 g/mol. The number of ether oxygens (including phenoxy) is 5. The molecular formula is C35H33NO8. The summed E-state index contributed by atoms with van der Waals surface area (Å²) in [5.74, 6) is -0.0537. The maximum Gasteiger partial charge on any atom is 0.262 e. The maximum absolute atomic E-state index is 13.6. The Labute approximate surface area is 255 Å². The van der Waals surface area contributed by atoms with Crippen molar-refractivity contribution >= 4 is 11.8 Å². The highest BCUT2D eigenvalue weighted by atomic mass is 16.7. The first-order valence-electron chi connectivity index (χ1n) is 14.4. The molecular weight excluding hydrogens is 562 g/mol. The number of fused-ring (bicyclic) bond motifs is 1. The van der Waals surface area contributed by atoms with Crippen LogP contribution < -0.4 is 9.47 Å². The van der Waals surface area contributed by atoms with Crippen LogP contribution in [0, 0.1) is 0 Å². The van der Waals surface area contributed by atoms with Crippen LogP contribution in [-0.2, 0) is 27.4 Å². The van der Waals surface area contributed by atoms with Gasteiger partial charge in [-0.1, -0.05) is 72.8 Å². The van der Waals surface area contributed by atoms with Crippen LogP contribution in [0.5, 0.6) is 11.5 Å². The highest BCUT2D eigenvalue weighted by Gasteiger charge is 2.54. The second-order valence-corrected chi connectivity index (χ2v) is 10.6. The Bertz CT molecular complexity index is 1530. The first-order chi connectivity index (χ1) is 21.5. The van der Waals surface area contributed by atoms with E-state index in [-0.39, 0.29) is 24.3 Å². The summed E-state index contributed by atoms with van der Waals surface area (Å²) in [6.07, 6.45) is -4.37. The summed E-state index contributed by atoms with van der Waals surface area (Å²) >= 11 is 0. The van der Waals surface area contributed by atoms with Crippen LogP contribution in [0.2, 0.25) is 0 Å². The summed E-state index contributed by atoms with van der Waals surface area (Å²) in [5.41, 5.74) is 2.36. The summed E-state index contributed by atoms with van der Waals surface area (Å²) in [6.45, 7) is 0.538. The van der Waals surface area contributed by atoms with Crippen molar-refractivity contribution in [3.05, 3.63) is 131 Å². The normalized spacial score (nSPS) is 23.0. The van der Waals surface area contributed by atoms with E-state index < -0.39 is 42.5 Å². The minimum absolute atomic E-state index is 0.0583. The number of carbonyl (C=O) groups is 2. The molecule has 44 heavy (non-hydrogen) atoms. The van der Waals surface area contributed by atoms with Crippen LogP contribution in [0.4, 0.5) is 0 Å². The van der Waals surface area contributed by atoms with Gasteiger partial charge in [-0.3, -0.25) is 14.5 Å². The Kier molecular flexibility index (Phi) is 8.99. The fourth-order valence-corrected chi connectivity index (χ4v) is 5.52. The highest BCUT2D eigenvalue weighted by Crippen LogP contribution is 2.35. The molecule has 2 aliphatic rings. The van der Waals surface area contributed by atoms with E-state index in [2.05, 4.69) is 0 Å². The van der Waals surface area contributed by atoms with Crippen molar-refractivity contribution in [1.82, 2.24) is 4.90 Å². The van der Waals surface area contributed by atoms with E-state index in [1.165, 1.54) is 0 Å². The van der Waals surface area contributed by atoms with Gasteiger partial charge in [0, 0.05) is 0 Å². The molecule has 6 rings (SSSR count). The lowest BCUT2D eigenvalue weighted by molar-refractivity contribution is -0.269. The third-order valence-corrected chi connectivity index (χ3v) is 7.75. The number of benzene rings is 4. The molecule has 0 aliphatic carbocycles. The second kappa shape index (κ2) is 13.4. The third-order valence-electron chi connectivity index (χ3n) is 7.75. The Morgan fingerprint density at radius 3 is 1.86 bits per heavy atom. The highest BCUT2D eigenvalue weighted by molar-refractivity contribution is 6.21. The van der Waals surface area contributed by atoms with Crippen molar-refractivity contribution in [2.24, 2.45) is 0 Å². The van der Waals surface area contributed by atoms with Gasteiger partial charge in [0.05, 0.1) is 38.1 Å². The predicted molar refractivity (Wildman–Crippen MR) is 160 cm³/mol. The SMILES string of the molecule is COc1ccc(O[C@@H]2O[C@H](COCc3ccccc3)[C@@H](OCc3ccccc3)[C@H](O)[C@H]2N2C(=O)c3ccccc3C2=O)cc1. The number of hydrogen-bond acceptors (Lipinski definition) is 8. The van der Waals surface area contributed by atoms with E-state index in [4.69, 9.17) is 23.7 Å². The molecule has 226 valence electrons. The molecule has 0 radical (unpaired) electrons. The zero-order valence-electron chi connectivity index (χ0n) is 24.2. The van der Waals surface area contributed by atoms with Crippen LogP contribution in [0.25, 0.3) is 0 Å². The van der Waals surface area contributed by atoms with Crippen molar-refractivity contribution in [1.29, 1.82) is 0 Å². The zero-order chi connectivity index (χ0) is 30.5. The molecule has 1 N–H and O–H groups in total. The van der Waals surface area contributed by atoms with Gasteiger partial charge in [0.1, 0.15) is 35.9 Å². The number of imide groups is 1. The molecule has 0 spiro atoms. The summed E-state index contributed by atoms with van der Waals surface area (Å²) < 4.78 is 30.3. The first kappa shape index (κ1) is 29.5. The lowest BCUT2D eigenvalue weighted by Crippen LogP contribution is -2.67. The summed E-state index contributed by atoms with van der Waals surface area (Å²) in [4.78, 5) is 28.3. The fourth-order valence-electron chi connectivity index (χ4n) is 5.52. The summed E-state index contributed by atoms with van der Waals surface area (Å²) in [5, 5.41) is 12.0. The molecule has 2 aliphatic heterocycles. The van der Waals surface area contributed by atoms with Crippen LogP contribution in [0.3, 0.4) is 0 Å². The third kappa shape index (κ3) is 6.22. The lowest BCUT2D eigenvalue weighted by atomic mass is 9.95. The van der Waals surface area contributed by atoms with Crippen LogP contribution in [0.1, 0.15) is 31.8 Å². The van der Waals surface area contributed by atoms with Gasteiger partial charge in [0.15, 0.2) is 0 Å². The summed E-state index contributed by atoms with van der Waals surface area (Å²) in [7, 11) is 1.56. The maximum atomic E-state index is 13.6. The molecule has 2 amide bonds. The van der Waals surface area contributed by atoms with Gasteiger partial charge in [-0.25, -0.2) is 0 Å². The number of hydrogen-bond donors (Lipinski definition) is 1. The molecule has 0 saturated carbocycles. The number of nitrogens with zero attached hydrogens (tertiary/aromatic N) is 1. The minimum atomic E-state index is -1.37. The number of aliphatic hydroxyl groups is 1. The molecule has 9 nitrogen and oxygen atoms in total. The Morgan fingerprint density at radius 1 is 0.727 bits per heavy atom. The average Bonchev–Trinajstić information content (AvgIpc) is 3.31. The molecule has 0 bridgehead atoms. The van der Waals surface area contributed by atoms with E-state index in [9.17, 15) is 14.7 Å². The quantitative estimate of drug-likeness (QED) is 0.251. The summed E-state index contributed by atoms with van der Waals surface area (Å²) in [6, 6.07) is 31.4. The van der Waals surface area contributed by atoms with Gasteiger partial charge in [0.2, 0.25) is 6.29 Å². The second-order valence-electron chi connectivity index (χ2n) is 10.6. The smallest absolute Gasteiger partial charge is 0.262 e. The Hall–Kier alpha value is -4.54. The number of amides is 2. The van der Waals surface area contributed by atoms with Gasteiger partial charge >= 0.3 is 0 Å². The molecule has 5 atom stereocenters. The van der Waals surface area contributed by atoms with Gasteiger partial charge in [-0.15, -0.1) is 0 Å². The topological polar surface area (TPSA) is 104 Å². The van der Waals surface area contributed by atoms with Crippen LogP contribution >= 0.6 is 0 Å². The van der Waals surface area contributed by atoms with Crippen molar-refractivity contribution in [3.8, 4) is 11.5 Å². The lowest BCUT2D eigenvalue weighted by Gasteiger charge is -2.46. The Morgan fingerprint density at radius 2 is 1.27 bits per heavy atom. The van der Waals surface area contributed by atoms with Crippen LogP contribution in [0.15, 0.2) is 109 Å². The predicted octanol–water partition coefficient (Wildman–Crippen LogP) is 4.63. The van der Waals surface area contributed by atoms with Crippen LogP contribution in [-0.4, -0.2) is 66.2 Å². The van der Waals surface area contributed by atoms with Crippen molar-refractivity contribution in [2.45, 2.75) is 43.9 Å². The van der Waals surface area contributed by atoms with E-state index in [1.807, 2.05) is 60.7 Å². The molecule has 0 aromatic heterocycles. The number of carbonyl (C=O) groups excluding carboxylic acids is 2. The molecule has 0 unspecified atom stereocenters. The van der Waals surface area contributed by atoms with E-state index in [0.29, 0.717) is 18.1 Å². The van der Waals surface area contributed by atoms with Crippen molar-refractivity contribution in [3.63, 3.8) is 0 Å². The van der Waals surface area contributed by atoms with Gasteiger partial charge in [-0.2, -0.15) is 0 Å². The van der Waals surface area contributed by atoms with E-state index >= 15 is 0 Å². The molecule has 9 heteroatoms. The largest absolute Gasteiger partial charge is 0.497 e. The van der Waals surface area contributed by atoms with Gasteiger partial charge in [0.25, 0.3) is 11.8 Å². The fraction of sp³-hybridized carbons (Fsp3) is 0.257. The molecule has 1 fully saturated rings. The molecule has 1 saturated heterocycles. The van der Waals surface area contributed by atoms with Crippen molar-refractivity contribution < 1.29 is 38.4 Å².